The second kappa shape index (κ2) is 10.8. The van der Waals surface area contributed by atoms with Crippen molar-refractivity contribution in [2.24, 2.45) is 11.3 Å². The van der Waals surface area contributed by atoms with Crippen molar-refractivity contribution < 1.29 is 32.2 Å². The van der Waals surface area contributed by atoms with Gasteiger partial charge in [-0.3, -0.25) is 9.59 Å². The van der Waals surface area contributed by atoms with Gasteiger partial charge in [0.2, 0.25) is 11.8 Å². The van der Waals surface area contributed by atoms with E-state index in [2.05, 4.69) is 0 Å². The van der Waals surface area contributed by atoms with E-state index in [1.54, 1.807) is 37.1 Å². The molecule has 2 heterocycles. The summed E-state index contributed by atoms with van der Waals surface area (Å²) in [5, 5.41) is 9.10. The number of hydrogen-bond acceptors (Lipinski definition) is 6. The number of ether oxygens (including phenoxy) is 2. The van der Waals surface area contributed by atoms with Gasteiger partial charge >= 0.3 is 6.18 Å². The molecule has 1 aromatic rings. The molecule has 3 rings (SSSR count). The zero-order valence-corrected chi connectivity index (χ0v) is 20.2. The average Bonchev–Trinajstić information content (AvgIpc) is 3.19. The Hall–Kier alpha value is -2.84. The number of carbonyl (C=O) groups is 2. The first-order valence-corrected chi connectivity index (χ1v) is 11.4. The van der Waals surface area contributed by atoms with Gasteiger partial charge in [0, 0.05) is 58.5 Å². The summed E-state index contributed by atoms with van der Waals surface area (Å²) in [4.78, 5) is 30.6. The van der Waals surface area contributed by atoms with Crippen LogP contribution in [0.5, 0.6) is 0 Å². The molecule has 1 unspecified atom stereocenters. The van der Waals surface area contributed by atoms with Crippen LogP contribution < -0.4 is 4.90 Å². The Morgan fingerprint density at radius 3 is 2.49 bits per heavy atom. The number of benzene rings is 1. The predicted octanol–water partition coefficient (Wildman–Crippen LogP) is 2.37. The van der Waals surface area contributed by atoms with E-state index in [0.29, 0.717) is 51.4 Å². The van der Waals surface area contributed by atoms with E-state index in [1.165, 1.54) is 17.0 Å². The van der Waals surface area contributed by atoms with Gasteiger partial charge in [0.15, 0.2) is 0 Å². The molecular formula is C24H31F3N4O4. The van der Waals surface area contributed by atoms with Crippen molar-refractivity contribution in [3.8, 4) is 6.07 Å². The fourth-order valence-electron chi connectivity index (χ4n) is 4.98. The molecule has 0 aliphatic carbocycles. The lowest BCUT2D eigenvalue weighted by atomic mass is 9.70. The molecule has 1 spiro atoms. The number of nitrogens with zero attached hydrogens (tertiary/aromatic N) is 4. The molecule has 2 aliphatic rings. The van der Waals surface area contributed by atoms with Crippen LogP contribution in [-0.2, 0) is 25.2 Å². The number of likely N-dealkylation sites (tertiary alicyclic amines) is 1. The lowest BCUT2D eigenvalue weighted by molar-refractivity contribution is -0.141. The van der Waals surface area contributed by atoms with E-state index in [-0.39, 0.29) is 25.0 Å². The lowest BCUT2D eigenvalue weighted by Gasteiger charge is -2.42. The van der Waals surface area contributed by atoms with Crippen molar-refractivity contribution in [3.63, 3.8) is 0 Å². The summed E-state index contributed by atoms with van der Waals surface area (Å²) in [7, 11) is 4.88. The fraction of sp³-hybridized carbons (Fsp3) is 0.625. The van der Waals surface area contributed by atoms with Crippen LogP contribution in [0.25, 0.3) is 0 Å². The van der Waals surface area contributed by atoms with E-state index in [4.69, 9.17) is 14.7 Å². The molecule has 11 heteroatoms. The van der Waals surface area contributed by atoms with E-state index in [1.807, 2.05) is 0 Å². The van der Waals surface area contributed by atoms with Gasteiger partial charge < -0.3 is 24.2 Å². The minimum atomic E-state index is -4.66. The van der Waals surface area contributed by atoms with Gasteiger partial charge in [0.1, 0.15) is 6.61 Å². The van der Waals surface area contributed by atoms with Crippen LogP contribution >= 0.6 is 0 Å². The number of halogens is 3. The van der Waals surface area contributed by atoms with Gasteiger partial charge in [-0.25, -0.2) is 0 Å². The molecule has 8 nitrogen and oxygen atoms in total. The zero-order chi connectivity index (χ0) is 25.8. The molecular weight excluding hydrogens is 465 g/mol. The van der Waals surface area contributed by atoms with Gasteiger partial charge in [0.25, 0.3) is 0 Å². The van der Waals surface area contributed by atoms with E-state index in [9.17, 15) is 22.8 Å². The summed E-state index contributed by atoms with van der Waals surface area (Å²) in [6, 6.07) is 5.27. The van der Waals surface area contributed by atoms with Crippen molar-refractivity contribution in [1.29, 1.82) is 5.26 Å². The Morgan fingerprint density at radius 1 is 1.23 bits per heavy atom. The van der Waals surface area contributed by atoms with Gasteiger partial charge in [-0.1, -0.05) is 0 Å². The Balaban J connectivity index is 1.79. The van der Waals surface area contributed by atoms with Crippen molar-refractivity contribution in [1.82, 2.24) is 9.80 Å². The topological polar surface area (TPSA) is 86.1 Å². The average molecular weight is 497 g/mol. The third kappa shape index (κ3) is 5.87. The number of methoxy groups -OCH3 is 1. The monoisotopic (exact) mass is 496 g/mol. The number of piperidine rings is 1. The van der Waals surface area contributed by atoms with Gasteiger partial charge in [-0.15, -0.1) is 0 Å². The molecule has 0 aromatic heterocycles. The van der Waals surface area contributed by atoms with Crippen LogP contribution in [0, 0.1) is 22.7 Å². The number of alkyl halides is 3. The molecule has 1 atom stereocenters. The van der Waals surface area contributed by atoms with Gasteiger partial charge in [0.05, 0.1) is 36.3 Å². The first-order chi connectivity index (χ1) is 16.5. The van der Waals surface area contributed by atoms with Crippen LogP contribution in [0.3, 0.4) is 0 Å². The highest BCUT2D eigenvalue weighted by molar-refractivity contribution is 5.81. The lowest BCUT2D eigenvalue weighted by Crippen LogP contribution is -2.50. The summed E-state index contributed by atoms with van der Waals surface area (Å²) < 4.78 is 50.8. The minimum Gasteiger partial charge on any atom is -0.382 e. The van der Waals surface area contributed by atoms with Crippen molar-refractivity contribution in [2.75, 3.05) is 72.1 Å². The van der Waals surface area contributed by atoms with E-state index < -0.39 is 28.6 Å². The quantitative estimate of drug-likeness (QED) is 0.539. The predicted molar refractivity (Wildman–Crippen MR) is 121 cm³/mol. The second-order valence-corrected chi connectivity index (χ2v) is 9.29. The summed E-state index contributed by atoms with van der Waals surface area (Å²) >= 11 is 0. The zero-order valence-electron chi connectivity index (χ0n) is 20.2. The Kier molecular flexibility index (Phi) is 8.28. The van der Waals surface area contributed by atoms with Gasteiger partial charge in [-0.05, 0) is 31.0 Å². The molecule has 35 heavy (non-hydrogen) atoms. The number of nitriles is 1. The minimum absolute atomic E-state index is 0.0476. The number of carbonyl (C=O) groups excluding carboxylic acids is 2. The summed E-state index contributed by atoms with van der Waals surface area (Å²) in [5.74, 6) is -0.638. The highest BCUT2D eigenvalue weighted by Gasteiger charge is 2.52. The molecule has 2 aliphatic heterocycles. The van der Waals surface area contributed by atoms with Gasteiger partial charge in [-0.2, -0.15) is 18.4 Å². The van der Waals surface area contributed by atoms with E-state index in [0.717, 1.165) is 6.07 Å². The number of rotatable bonds is 7. The fourth-order valence-corrected chi connectivity index (χ4v) is 4.98. The van der Waals surface area contributed by atoms with Crippen molar-refractivity contribution >= 4 is 17.5 Å². The summed E-state index contributed by atoms with van der Waals surface area (Å²) in [6.07, 6.45) is -3.55. The standard InChI is InChI=1S/C24H31F3N4O4/c1-29(2)22(33)20-14-31(18-5-4-17(13-28)19(12-18)24(25,26)27)16-23(20)6-8-30(9-7-23)21(32)15-35-11-10-34-3/h4-5,12,20H,6-11,14-16H2,1-3H3. The molecule has 0 bridgehead atoms. The number of amides is 2. The molecule has 0 N–H and O–H groups in total. The smallest absolute Gasteiger partial charge is 0.382 e. The summed E-state index contributed by atoms with van der Waals surface area (Å²) in [6.45, 7) is 2.22. The number of hydrogen-bond donors (Lipinski definition) is 0. The van der Waals surface area contributed by atoms with Crippen LogP contribution in [0.15, 0.2) is 18.2 Å². The van der Waals surface area contributed by atoms with Crippen molar-refractivity contribution in [3.05, 3.63) is 29.3 Å². The highest BCUT2D eigenvalue weighted by atomic mass is 19.4. The van der Waals surface area contributed by atoms with E-state index >= 15 is 0 Å². The van der Waals surface area contributed by atoms with Crippen LogP contribution in [0.2, 0.25) is 0 Å². The molecule has 0 radical (unpaired) electrons. The summed E-state index contributed by atoms with van der Waals surface area (Å²) in [5.41, 5.74) is -1.56. The maximum atomic E-state index is 13.5. The SMILES string of the molecule is COCCOCC(=O)N1CCC2(CC1)CN(c1ccc(C#N)c(C(F)(F)F)c1)CC2C(=O)N(C)C. The Bertz CT molecular complexity index is 968. The first kappa shape index (κ1) is 26.8. The van der Waals surface area contributed by atoms with Crippen LogP contribution in [0.1, 0.15) is 24.0 Å². The van der Waals surface area contributed by atoms with Crippen LogP contribution in [-0.4, -0.2) is 88.8 Å². The third-order valence-electron chi connectivity index (χ3n) is 6.95. The Morgan fingerprint density at radius 2 is 1.91 bits per heavy atom. The highest BCUT2D eigenvalue weighted by Crippen LogP contribution is 2.47. The first-order valence-electron chi connectivity index (χ1n) is 11.4. The van der Waals surface area contributed by atoms with Crippen molar-refractivity contribution in [2.45, 2.75) is 19.0 Å². The van der Waals surface area contributed by atoms with Crippen LogP contribution in [0.4, 0.5) is 18.9 Å². The third-order valence-corrected chi connectivity index (χ3v) is 6.95. The molecule has 1 aromatic carbocycles. The molecule has 2 amide bonds. The molecule has 2 saturated heterocycles. The normalized spacial score (nSPS) is 19.6. The second-order valence-electron chi connectivity index (χ2n) is 9.29. The molecule has 0 saturated carbocycles. The molecule has 2 fully saturated rings. The number of anilines is 1. The maximum Gasteiger partial charge on any atom is 0.417 e. The maximum absolute atomic E-state index is 13.5. The molecule has 192 valence electrons. The Labute approximate surface area is 203 Å². The largest absolute Gasteiger partial charge is 0.417 e.